The van der Waals surface area contributed by atoms with Crippen molar-refractivity contribution in [2.75, 3.05) is 26.2 Å². The molecule has 2 saturated heterocycles. The Hall–Kier alpha value is -3.80. The van der Waals surface area contributed by atoms with E-state index in [1.165, 1.54) is 21.9 Å². The van der Waals surface area contributed by atoms with Gasteiger partial charge < -0.3 is 19.8 Å². The molecule has 0 saturated carbocycles. The van der Waals surface area contributed by atoms with E-state index in [4.69, 9.17) is 0 Å². The second kappa shape index (κ2) is 12.2. The molecule has 2 amide bonds. The smallest absolute Gasteiger partial charge is 0.226 e. The van der Waals surface area contributed by atoms with Crippen LogP contribution in [0.5, 0.6) is 0 Å². The maximum atomic E-state index is 14.3. The molecule has 6 heteroatoms. The van der Waals surface area contributed by atoms with Crippen molar-refractivity contribution in [3.63, 3.8) is 0 Å². The molecule has 42 heavy (non-hydrogen) atoms. The molecule has 0 unspecified atom stereocenters. The third-order valence-corrected chi connectivity index (χ3v) is 10.3. The van der Waals surface area contributed by atoms with Gasteiger partial charge in [0.05, 0.1) is 0 Å². The normalized spacial score (nSPS) is 25.0. The van der Waals surface area contributed by atoms with Crippen molar-refractivity contribution in [1.82, 2.24) is 19.8 Å². The summed E-state index contributed by atoms with van der Waals surface area (Å²) in [4.78, 5) is 38.8. The summed E-state index contributed by atoms with van der Waals surface area (Å²) in [6, 6.07) is 16.7. The number of aromatic amines is 2. The summed E-state index contributed by atoms with van der Waals surface area (Å²) in [5.74, 6) is 1.03. The lowest BCUT2D eigenvalue weighted by atomic mass is 9.64. The van der Waals surface area contributed by atoms with Crippen LogP contribution in [0.2, 0.25) is 0 Å². The minimum absolute atomic E-state index is 0.0484. The van der Waals surface area contributed by atoms with Crippen LogP contribution in [-0.2, 0) is 22.4 Å². The standard InChI is InChI=1S/C36H44N4O2/c1-4-24-23-40(18-16-27-21-38-33-14-10-8-12-30(27)33)36(42)35(28(24)6-3)31-19-34(41)39(22-25(31)5-2)17-15-26-20-37-32-13-9-7-11-29(26)32/h6-14,20-21,24-25,28,31,35,37-38H,3-5,15-19,22-23H2,1-2H3/t24-,25-,28+,31-,35+/m0/s1. The van der Waals surface area contributed by atoms with Crippen molar-refractivity contribution in [3.05, 3.63) is 84.7 Å². The number of nitrogens with one attached hydrogen (secondary N) is 2. The average molecular weight is 565 g/mol. The second-order valence-electron chi connectivity index (χ2n) is 12.4. The zero-order chi connectivity index (χ0) is 29.2. The zero-order valence-corrected chi connectivity index (χ0v) is 25.0. The summed E-state index contributed by atoms with van der Waals surface area (Å²) in [5, 5.41) is 2.46. The highest BCUT2D eigenvalue weighted by Gasteiger charge is 2.48. The first kappa shape index (κ1) is 28.3. The second-order valence-corrected chi connectivity index (χ2v) is 12.4. The molecule has 5 atom stereocenters. The molecule has 2 N–H and O–H groups in total. The minimum Gasteiger partial charge on any atom is -0.361 e. The molecule has 0 spiro atoms. The van der Waals surface area contributed by atoms with Gasteiger partial charge in [-0.3, -0.25) is 9.59 Å². The predicted molar refractivity (Wildman–Crippen MR) is 170 cm³/mol. The number of benzene rings is 2. The van der Waals surface area contributed by atoms with Gasteiger partial charge in [0.2, 0.25) is 11.8 Å². The van der Waals surface area contributed by atoms with Crippen LogP contribution in [-0.4, -0.2) is 57.8 Å². The number of likely N-dealkylation sites (tertiary alicyclic amines) is 2. The fourth-order valence-electron chi connectivity index (χ4n) is 7.85. The Morgan fingerprint density at radius 3 is 1.93 bits per heavy atom. The number of allylic oxidation sites excluding steroid dienone is 1. The Balaban J connectivity index is 1.18. The summed E-state index contributed by atoms with van der Waals surface area (Å²) < 4.78 is 0. The average Bonchev–Trinajstić information content (AvgIpc) is 3.63. The monoisotopic (exact) mass is 564 g/mol. The molecule has 2 aliphatic rings. The van der Waals surface area contributed by atoms with E-state index in [2.05, 4.69) is 89.0 Å². The number of para-hydroxylation sites is 2. The van der Waals surface area contributed by atoms with Crippen LogP contribution in [0, 0.1) is 29.6 Å². The van der Waals surface area contributed by atoms with Crippen molar-refractivity contribution >= 4 is 33.6 Å². The lowest BCUT2D eigenvalue weighted by molar-refractivity contribution is -0.152. The summed E-state index contributed by atoms with van der Waals surface area (Å²) in [6.45, 7) is 11.5. The van der Waals surface area contributed by atoms with Gasteiger partial charge in [0.1, 0.15) is 0 Å². The number of hydrogen-bond donors (Lipinski definition) is 2. The molecule has 2 fully saturated rings. The molecular weight excluding hydrogens is 520 g/mol. The van der Waals surface area contributed by atoms with Crippen LogP contribution in [0.25, 0.3) is 21.8 Å². The molecule has 4 heterocycles. The van der Waals surface area contributed by atoms with E-state index in [1.807, 2.05) is 18.2 Å². The number of rotatable bonds is 10. The van der Waals surface area contributed by atoms with Gasteiger partial charge in [-0.05, 0) is 59.8 Å². The van der Waals surface area contributed by atoms with E-state index in [9.17, 15) is 9.59 Å². The van der Waals surface area contributed by atoms with Crippen molar-refractivity contribution in [2.45, 2.75) is 46.0 Å². The molecule has 2 aromatic heterocycles. The molecular formula is C36H44N4O2. The van der Waals surface area contributed by atoms with Gasteiger partial charge in [-0.2, -0.15) is 0 Å². The van der Waals surface area contributed by atoms with Gasteiger partial charge in [-0.15, -0.1) is 6.58 Å². The highest BCUT2D eigenvalue weighted by molar-refractivity contribution is 5.85. The van der Waals surface area contributed by atoms with Crippen molar-refractivity contribution in [2.24, 2.45) is 29.6 Å². The maximum Gasteiger partial charge on any atom is 0.226 e. The molecule has 0 aliphatic carbocycles. The van der Waals surface area contributed by atoms with Crippen LogP contribution < -0.4 is 0 Å². The topological polar surface area (TPSA) is 72.2 Å². The van der Waals surface area contributed by atoms with E-state index in [0.717, 1.165) is 49.8 Å². The molecule has 220 valence electrons. The number of H-pyrrole nitrogens is 2. The minimum atomic E-state index is -0.186. The van der Waals surface area contributed by atoms with Crippen molar-refractivity contribution in [1.29, 1.82) is 0 Å². The van der Waals surface area contributed by atoms with E-state index in [0.29, 0.717) is 31.3 Å². The van der Waals surface area contributed by atoms with Crippen molar-refractivity contribution in [3.8, 4) is 0 Å². The highest BCUT2D eigenvalue weighted by Crippen LogP contribution is 2.44. The van der Waals surface area contributed by atoms with E-state index >= 15 is 0 Å². The number of fused-ring (bicyclic) bond motifs is 2. The van der Waals surface area contributed by atoms with Crippen LogP contribution in [0.4, 0.5) is 0 Å². The fourth-order valence-corrected chi connectivity index (χ4v) is 7.85. The Labute approximate surface area is 249 Å². The summed E-state index contributed by atoms with van der Waals surface area (Å²) in [7, 11) is 0. The first-order chi connectivity index (χ1) is 20.5. The number of nitrogens with zero attached hydrogens (tertiary/aromatic N) is 2. The SMILES string of the molecule is C=C[C@@H]1[C@@H](CC)CN(CCc2c[nH]c3ccccc23)C(=O)[C@H]1[C@H]1CC(=O)N(CCc2c[nH]c3ccccc23)C[C@@H]1CC. The third kappa shape index (κ3) is 5.28. The van der Waals surface area contributed by atoms with Crippen LogP contribution in [0.1, 0.15) is 44.2 Å². The number of hydrogen-bond acceptors (Lipinski definition) is 2. The highest BCUT2D eigenvalue weighted by atomic mass is 16.2. The van der Waals surface area contributed by atoms with E-state index in [-0.39, 0.29) is 29.6 Å². The Kier molecular flexibility index (Phi) is 8.23. The Bertz CT molecular complexity index is 1570. The lowest BCUT2D eigenvalue weighted by Crippen LogP contribution is -2.56. The summed E-state index contributed by atoms with van der Waals surface area (Å²) >= 11 is 0. The van der Waals surface area contributed by atoms with Gasteiger partial charge in [-0.25, -0.2) is 0 Å². The third-order valence-electron chi connectivity index (χ3n) is 10.3. The van der Waals surface area contributed by atoms with Gasteiger partial charge in [0, 0.05) is 72.7 Å². The van der Waals surface area contributed by atoms with Gasteiger partial charge in [0.25, 0.3) is 0 Å². The predicted octanol–water partition coefficient (Wildman–Crippen LogP) is 6.60. The summed E-state index contributed by atoms with van der Waals surface area (Å²) in [6.07, 6.45) is 10.2. The maximum absolute atomic E-state index is 14.3. The first-order valence-corrected chi connectivity index (χ1v) is 15.8. The summed E-state index contributed by atoms with van der Waals surface area (Å²) in [5.41, 5.74) is 4.77. The fraction of sp³-hybridized carbons (Fsp3) is 0.444. The van der Waals surface area contributed by atoms with Gasteiger partial charge >= 0.3 is 0 Å². The Morgan fingerprint density at radius 1 is 0.810 bits per heavy atom. The van der Waals surface area contributed by atoms with Crippen molar-refractivity contribution < 1.29 is 9.59 Å². The molecule has 4 aromatic rings. The molecule has 0 bridgehead atoms. The number of carbonyl (C=O) groups is 2. The number of amides is 2. The quantitative estimate of drug-likeness (QED) is 0.213. The van der Waals surface area contributed by atoms with E-state index in [1.54, 1.807) is 0 Å². The number of aromatic nitrogens is 2. The molecule has 6 nitrogen and oxygen atoms in total. The number of carbonyl (C=O) groups excluding carboxylic acids is 2. The van der Waals surface area contributed by atoms with E-state index < -0.39 is 0 Å². The zero-order valence-electron chi connectivity index (χ0n) is 25.0. The van der Waals surface area contributed by atoms with Crippen LogP contribution >= 0.6 is 0 Å². The Morgan fingerprint density at radius 2 is 1.36 bits per heavy atom. The molecule has 2 aromatic carbocycles. The van der Waals surface area contributed by atoms with Crippen LogP contribution in [0.15, 0.2) is 73.6 Å². The largest absolute Gasteiger partial charge is 0.361 e. The lowest BCUT2D eigenvalue weighted by Gasteiger charge is -2.49. The molecule has 2 aliphatic heterocycles. The molecule has 6 rings (SSSR count). The van der Waals surface area contributed by atoms with Crippen LogP contribution in [0.3, 0.4) is 0 Å². The van der Waals surface area contributed by atoms with Gasteiger partial charge in [-0.1, -0.05) is 69.2 Å². The molecule has 0 radical (unpaired) electrons. The van der Waals surface area contributed by atoms with Gasteiger partial charge in [0.15, 0.2) is 0 Å². The number of piperidine rings is 2. The first-order valence-electron chi connectivity index (χ1n) is 15.8.